The van der Waals surface area contributed by atoms with Crippen molar-refractivity contribution in [3.63, 3.8) is 0 Å². The molecule has 0 unspecified atom stereocenters. The Hall–Kier alpha value is -1.97. The van der Waals surface area contributed by atoms with E-state index in [-0.39, 0.29) is 0 Å². The van der Waals surface area contributed by atoms with Gasteiger partial charge >= 0.3 is 0 Å². The zero-order chi connectivity index (χ0) is 13.0. The summed E-state index contributed by atoms with van der Waals surface area (Å²) in [5, 5.41) is 3.39. The number of rotatable bonds is 5. The van der Waals surface area contributed by atoms with Crippen molar-refractivity contribution in [1.29, 1.82) is 0 Å². The third-order valence-corrected chi connectivity index (χ3v) is 2.88. The molecule has 1 aromatic heterocycles. The number of benzene rings is 1. The van der Waals surface area contributed by atoms with Crippen molar-refractivity contribution < 1.29 is 0 Å². The molecule has 3 N–H and O–H groups in total. The van der Waals surface area contributed by atoms with Gasteiger partial charge in [0, 0.05) is 24.6 Å². The van der Waals surface area contributed by atoms with Crippen LogP contribution >= 0.6 is 0 Å². The summed E-state index contributed by atoms with van der Waals surface area (Å²) < 4.78 is 1.97. The van der Waals surface area contributed by atoms with Crippen molar-refractivity contribution in [2.75, 3.05) is 17.6 Å². The van der Waals surface area contributed by atoms with Crippen LogP contribution in [-0.4, -0.2) is 16.1 Å². The van der Waals surface area contributed by atoms with Gasteiger partial charge in [0.15, 0.2) is 0 Å². The summed E-state index contributed by atoms with van der Waals surface area (Å²) in [6.45, 7) is 5.37. The molecule has 0 aliphatic rings. The van der Waals surface area contributed by atoms with Gasteiger partial charge in [-0.3, -0.25) is 0 Å². The number of imidazole rings is 1. The van der Waals surface area contributed by atoms with E-state index in [0.717, 1.165) is 30.0 Å². The number of hydrogen-bond acceptors (Lipinski definition) is 3. The van der Waals surface area contributed by atoms with Crippen molar-refractivity contribution in [3.8, 4) is 5.69 Å². The summed E-state index contributed by atoms with van der Waals surface area (Å²) in [5.41, 5.74) is 8.80. The number of aromatic nitrogens is 2. The summed E-state index contributed by atoms with van der Waals surface area (Å²) in [6, 6.07) is 5.97. The van der Waals surface area contributed by atoms with Crippen molar-refractivity contribution in [3.05, 3.63) is 36.9 Å². The predicted molar refractivity (Wildman–Crippen MR) is 75.9 cm³/mol. The molecule has 0 saturated carbocycles. The highest BCUT2D eigenvalue weighted by Crippen LogP contribution is 2.22. The van der Waals surface area contributed by atoms with Crippen LogP contribution in [-0.2, 0) is 0 Å². The van der Waals surface area contributed by atoms with Gasteiger partial charge in [-0.05, 0) is 30.5 Å². The molecule has 96 valence electrons. The number of anilines is 2. The third kappa shape index (κ3) is 3.03. The monoisotopic (exact) mass is 244 g/mol. The fourth-order valence-electron chi connectivity index (χ4n) is 1.77. The molecule has 1 aromatic carbocycles. The number of nitrogens with zero attached hydrogens (tertiary/aromatic N) is 2. The zero-order valence-corrected chi connectivity index (χ0v) is 10.9. The summed E-state index contributed by atoms with van der Waals surface area (Å²) >= 11 is 0. The van der Waals surface area contributed by atoms with Crippen LogP contribution in [0.3, 0.4) is 0 Å². The molecule has 4 nitrogen and oxygen atoms in total. The Morgan fingerprint density at radius 2 is 2.22 bits per heavy atom. The summed E-state index contributed by atoms with van der Waals surface area (Å²) in [5.74, 6) is 0.690. The number of nitrogen functional groups attached to an aromatic ring is 1. The lowest BCUT2D eigenvalue weighted by atomic mass is 10.1. The van der Waals surface area contributed by atoms with E-state index in [1.807, 2.05) is 22.9 Å². The SMILES string of the molecule is CC(C)CCNc1cc(-n2ccnc2)ccc1N. The Kier molecular flexibility index (Phi) is 3.87. The fraction of sp³-hybridized carbons (Fsp3) is 0.357. The van der Waals surface area contributed by atoms with Crippen LogP contribution in [0.25, 0.3) is 5.69 Å². The maximum Gasteiger partial charge on any atom is 0.0991 e. The highest BCUT2D eigenvalue weighted by atomic mass is 15.0. The van der Waals surface area contributed by atoms with E-state index in [1.165, 1.54) is 0 Å². The van der Waals surface area contributed by atoms with Crippen molar-refractivity contribution in [2.45, 2.75) is 20.3 Å². The lowest BCUT2D eigenvalue weighted by Gasteiger charge is -2.12. The van der Waals surface area contributed by atoms with Crippen molar-refractivity contribution in [2.24, 2.45) is 5.92 Å². The Balaban J connectivity index is 2.12. The summed E-state index contributed by atoms with van der Waals surface area (Å²) in [4.78, 5) is 4.05. The van der Waals surface area contributed by atoms with Crippen LogP contribution in [0.5, 0.6) is 0 Å². The molecule has 4 heteroatoms. The van der Waals surface area contributed by atoms with E-state index in [2.05, 4.69) is 30.2 Å². The molecule has 0 atom stereocenters. The lowest BCUT2D eigenvalue weighted by Crippen LogP contribution is -2.07. The van der Waals surface area contributed by atoms with E-state index in [1.54, 1.807) is 12.5 Å². The van der Waals surface area contributed by atoms with Gasteiger partial charge in [0.05, 0.1) is 17.7 Å². The highest BCUT2D eigenvalue weighted by Gasteiger charge is 2.02. The Bertz CT molecular complexity index is 489. The molecular weight excluding hydrogens is 224 g/mol. The van der Waals surface area contributed by atoms with E-state index in [9.17, 15) is 0 Å². The van der Waals surface area contributed by atoms with Crippen molar-refractivity contribution in [1.82, 2.24) is 9.55 Å². The first-order valence-corrected chi connectivity index (χ1v) is 6.28. The lowest BCUT2D eigenvalue weighted by molar-refractivity contribution is 0.607. The summed E-state index contributed by atoms with van der Waals surface area (Å²) in [6.07, 6.45) is 6.60. The van der Waals surface area contributed by atoms with E-state index >= 15 is 0 Å². The quantitative estimate of drug-likeness (QED) is 0.795. The second kappa shape index (κ2) is 5.58. The Morgan fingerprint density at radius 3 is 2.89 bits per heavy atom. The largest absolute Gasteiger partial charge is 0.397 e. The second-order valence-electron chi connectivity index (χ2n) is 4.85. The highest BCUT2D eigenvalue weighted by molar-refractivity contribution is 5.69. The molecule has 0 aliphatic carbocycles. The Labute approximate surface area is 108 Å². The maximum atomic E-state index is 5.97. The maximum absolute atomic E-state index is 5.97. The molecule has 0 amide bonds. The average Bonchev–Trinajstić information content (AvgIpc) is 2.84. The molecule has 1 heterocycles. The second-order valence-corrected chi connectivity index (χ2v) is 4.85. The number of nitrogens with two attached hydrogens (primary N) is 1. The van der Waals surface area contributed by atoms with Gasteiger partial charge in [-0.2, -0.15) is 0 Å². The zero-order valence-electron chi connectivity index (χ0n) is 10.9. The van der Waals surface area contributed by atoms with Gasteiger partial charge in [-0.15, -0.1) is 0 Å². The normalized spacial score (nSPS) is 10.8. The van der Waals surface area contributed by atoms with Gasteiger partial charge < -0.3 is 15.6 Å². The van der Waals surface area contributed by atoms with E-state index in [4.69, 9.17) is 5.73 Å². The van der Waals surface area contributed by atoms with Gasteiger partial charge in [0.25, 0.3) is 0 Å². The molecule has 2 rings (SSSR count). The fourth-order valence-corrected chi connectivity index (χ4v) is 1.77. The molecule has 0 saturated heterocycles. The van der Waals surface area contributed by atoms with Crippen LogP contribution < -0.4 is 11.1 Å². The molecule has 0 bridgehead atoms. The van der Waals surface area contributed by atoms with Crippen LogP contribution in [0.2, 0.25) is 0 Å². The average molecular weight is 244 g/mol. The van der Waals surface area contributed by atoms with Crippen molar-refractivity contribution >= 4 is 11.4 Å². The van der Waals surface area contributed by atoms with Gasteiger partial charge in [-0.1, -0.05) is 13.8 Å². The van der Waals surface area contributed by atoms with Gasteiger partial charge in [-0.25, -0.2) is 4.98 Å². The third-order valence-electron chi connectivity index (χ3n) is 2.88. The summed E-state index contributed by atoms with van der Waals surface area (Å²) in [7, 11) is 0. The van der Waals surface area contributed by atoms with Crippen LogP contribution in [0.1, 0.15) is 20.3 Å². The topological polar surface area (TPSA) is 55.9 Å². The molecule has 2 aromatic rings. The molecular formula is C14H20N4. The smallest absolute Gasteiger partial charge is 0.0991 e. The first-order chi connectivity index (χ1) is 8.66. The minimum Gasteiger partial charge on any atom is -0.397 e. The first-order valence-electron chi connectivity index (χ1n) is 6.28. The number of hydrogen-bond donors (Lipinski definition) is 2. The molecule has 0 fully saturated rings. The minimum atomic E-state index is 0.690. The van der Waals surface area contributed by atoms with Gasteiger partial charge in [0.2, 0.25) is 0 Å². The Morgan fingerprint density at radius 1 is 1.39 bits per heavy atom. The first kappa shape index (κ1) is 12.5. The molecule has 0 spiro atoms. The minimum absolute atomic E-state index is 0.690. The van der Waals surface area contributed by atoms with E-state index in [0.29, 0.717) is 5.92 Å². The van der Waals surface area contributed by atoms with Crippen LogP contribution in [0, 0.1) is 5.92 Å². The standard InChI is InChI=1S/C14H20N4/c1-11(2)5-6-17-14-9-12(3-4-13(14)15)18-8-7-16-10-18/h3-4,7-11,17H,5-6,15H2,1-2H3. The number of nitrogens with one attached hydrogen (secondary N) is 1. The van der Waals surface area contributed by atoms with Crippen LogP contribution in [0.4, 0.5) is 11.4 Å². The van der Waals surface area contributed by atoms with E-state index < -0.39 is 0 Å². The molecule has 0 aliphatic heterocycles. The molecule has 0 radical (unpaired) electrons. The van der Waals surface area contributed by atoms with Gasteiger partial charge in [0.1, 0.15) is 0 Å². The molecule has 18 heavy (non-hydrogen) atoms. The van der Waals surface area contributed by atoms with Crippen LogP contribution in [0.15, 0.2) is 36.9 Å². The predicted octanol–water partition coefficient (Wildman–Crippen LogP) is 2.91.